The first-order chi connectivity index (χ1) is 11.3. The van der Waals surface area contributed by atoms with Gasteiger partial charge in [-0.1, -0.05) is 0 Å². The summed E-state index contributed by atoms with van der Waals surface area (Å²) in [7, 11) is 1.39. The number of alkyl halides is 3. The lowest BCUT2D eigenvalue weighted by Gasteiger charge is -2.35. The summed E-state index contributed by atoms with van der Waals surface area (Å²) in [5.74, 6) is 0.625. The third kappa shape index (κ3) is 5.50. The quantitative estimate of drug-likeness (QED) is 0.822. The normalized spacial score (nSPS) is 18.2. The largest absolute Gasteiger partial charge is 0.468 e. The van der Waals surface area contributed by atoms with Crippen LogP contribution in [0.4, 0.5) is 13.2 Å². The Hall–Kier alpha value is -1.58. The van der Waals surface area contributed by atoms with Gasteiger partial charge in [-0.25, -0.2) is 0 Å². The maximum Gasteiger partial charge on any atom is 0.415 e. The number of carbonyl (C=O) groups excluding carboxylic acids is 1. The third-order valence-corrected chi connectivity index (χ3v) is 3.95. The van der Waals surface area contributed by atoms with Gasteiger partial charge in [0.15, 0.2) is 6.10 Å². The topological polar surface area (TPSA) is 60.2 Å². The van der Waals surface area contributed by atoms with Crippen LogP contribution in [0, 0.1) is 0 Å². The number of hydrogen-bond donors (Lipinski definition) is 1. The highest BCUT2D eigenvalue weighted by molar-refractivity contribution is 5.78. The van der Waals surface area contributed by atoms with Crippen molar-refractivity contribution in [2.45, 2.75) is 18.8 Å². The first-order valence-corrected chi connectivity index (χ1v) is 7.71. The van der Waals surface area contributed by atoms with Crippen LogP contribution in [0.5, 0.6) is 0 Å². The van der Waals surface area contributed by atoms with Crippen LogP contribution in [0.3, 0.4) is 0 Å². The number of amides is 1. The molecule has 6 nitrogen and oxygen atoms in total. The Balaban J connectivity index is 1.72. The van der Waals surface area contributed by atoms with Gasteiger partial charge in [0, 0.05) is 32.7 Å². The van der Waals surface area contributed by atoms with Crippen molar-refractivity contribution in [3.63, 3.8) is 0 Å². The number of furan rings is 1. The minimum Gasteiger partial charge on any atom is -0.468 e. The zero-order valence-electron chi connectivity index (χ0n) is 13.5. The average molecular weight is 349 g/mol. The minimum atomic E-state index is -4.67. The molecule has 0 bridgehead atoms. The number of halogens is 3. The van der Waals surface area contributed by atoms with E-state index in [9.17, 15) is 18.0 Å². The standard InChI is InChI=1S/C15H22F3N3O3/c1-19(10-13(22)15(16,17)18)11-14(23)21-6-4-20(5-7-21)9-12-3-2-8-24-12/h2-3,8,13,22H,4-7,9-11H2,1H3. The highest BCUT2D eigenvalue weighted by Crippen LogP contribution is 2.20. The number of aliphatic hydroxyl groups excluding tert-OH is 1. The van der Waals surface area contributed by atoms with Gasteiger partial charge in [-0.05, 0) is 19.2 Å². The average Bonchev–Trinajstić information content (AvgIpc) is 2.99. The van der Waals surface area contributed by atoms with Gasteiger partial charge < -0.3 is 14.4 Å². The van der Waals surface area contributed by atoms with Crippen molar-refractivity contribution in [3.8, 4) is 0 Å². The molecule has 24 heavy (non-hydrogen) atoms. The Bertz CT molecular complexity index is 514. The van der Waals surface area contributed by atoms with E-state index in [1.54, 1.807) is 11.2 Å². The molecule has 0 aromatic carbocycles. The van der Waals surface area contributed by atoms with Crippen LogP contribution in [-0.4, -0.2) is 84.3 Å². The summed E-state index contributed by atoms with van der Waals surface area (Å²) >= 11 is 0. The van der Waals surface area contributed by atoms with Gasteiger partial charge in [-0.3, -0.25) is 14.6 Å². The van der Waals surface area contributed by atoms with Crippen molar-refractivity contribution in [1.29, 1.82) is 0 Å². The van der Waals surface area contributed by atoms with Gasteiger partial charge in [0.05, 0.1) is 19.4 Å². The van der Waals surface area contributed by atoms with Gasteiger partial charge in [0.2, 0.25) is 5.91 Å². The summed E-state index contributed by atoms with van der Waals surface area (Å²) in [6.45, 7) is 2.32. The molecule has 1 saturated heterocycles. The van der Waals surface area contributed by atoms with Crippen LogP contribution in [-0.2, 0) is 11.3 Å². The Kier molecular flexibility index (Phi) is 6.25. The van der Waals surface area contributed by atoms with Crippen molar-refractivity contribution in [3.05, 3.63) is 24.2 Å². The Labute approximate surface area is 138 Å². The summed E-state index contributed by atoms with van der Waals surface area (Å²) in [4.78, 5) is 17.1. The maximum absolute atomic E-state index is 12.3. The van der Waals surface area contributed by atoms with E-state index in [1.807, 2.05) is 12.1 Å². The lowest BCUT2D eigenvalue weighted by molar-refractivity contribution is -0.207. The lowest BCUT2D eigenvalue weighted by atomic mass is 10.2. The molecule has 1 unspecified atom stereocenters. The molecule has 1 atom stereocenters. The van der Waals surface area contributed by atoms with E-state index >= 15 is 0 Å². The summed E-state index contributed by atoms with van der Waals surface area (Å²) in [6, 6.07) is 3.71. The lowest BCUT2D eigenvalue weighted by Crippen LogP contribution is -2.51. The van der Waals surface area contributed by atoms with E-state index in [2.05, 4.69) is 4.90 Å². The first-order valence-electron chi connectivity index (χ1n) is 7.71. The van der Waals surface area contributed by atoms with E-state index in [0.717, 1.165) is 5.76 Å². The molecule has 0 radical (unpaired) electrons. The summed E-state index contributed by atoms with van der Waals surface area (Å²) in [5.41, 5.74) is 0. The van der Waals surface area contributed by atoms with E-state index in [4.69, 9.17) is 9.52 Å². The monoisotopic (exact) mass is 349 g/mol. The highest BCUT2D eigenvalue weighted by Gasteiger charge is 2.39. The number of hydrogen-bond acceptors (Lipinski definition) is 5. The molecule has 0 saturated carbocycles. The number of likely N-dealkylation sites (N-methyl/N-ethyl adjacent to an activating group) is 1. The molecule has 2 rings (SSSR count). The van der Waals surface area contributed by atoms with E-state index < -0.39 is 18.8 Å². The molecular weight excluding hydrogens is 327 g/mol. The molecule has 1 amide bonds. The second-order valence-corrected chi connectivity index (χ2v) is 5.99. The van der Waals surface area contributed by atoms with E-state index in [1.165, 1.54) is 11.9 Å². The number of piperazine rings is 1. The van der Waals surface area contributed by atoms with Crippen LogP contribution in [0.1, 0.15) is 5.76 Å². The molecule has 1 aliphatic heterocycles. The van der Waals surface area contributed by atoms with Gasteiger partial charge in [0.25, 0.3) is 0 Å². The van der Waals surface area contributed by atoms with Crippen LogP contribution >= 0.6 is 0 Å². The molecule has 9 heteroatoms. The SMILES string of the molecule is CN(CC(=O)N1CCN(Cc2ccco2)CC1)CC(O)C(F)(F)F. The molecule has 0 spiro atoms. The van der Waals surface area contributed by atoms with Gasteiger partial charge in [-0.15, -0.1) is 0 Å². The number of rotatable bonds is 6. The summed E-state index contributed by atoms with van der Waals surface area (Å²) in [5, 5.41) is 9.03. The fraction of sp³-hybridized carbons (Fsp3) is 0.667. The zero-order valence-corrected chi connectivity index (χ0v) is 13.5. The zero-order chi connectivity index (χ0) is 17.7. The van der Waals surface area contributed by atoms with E-state index in [0.29, 0.717) is 32.7 Å². The Morgan fingerprint density at radius 1 is 1.38 bits per heavy atom. The second kappa shape index (κ2) is 8.00. The van der Waals surface area contributed by atoms with Crippen molar-refractivity contribution in [2.24, 2.45) is 0 Å². The van der Waals surface area contributed by atoms with Crippen molar-refractivity contribution in [2.75, 3.05) is 46.3 Å². The molecule has 1 aliphatic rings. The fourth-order valence-corrected chi connectivity index (χ4v) is 2.57. The molecule has 1 aromatic heterocycles. The molecular formula is C15H22F3N3O3. The van der Waals surface area contributed by atoms with Gasteiger partial charge in [0.1, 0.15) is 5.76 Å². The maximum atomic E-state index is 12.3. The summed E-state index contributed by atoms with van der Waals surface area (Å²) in [6.07, 6.45) is -5.50. The van der Waals surface area contributed by atoms with Gasteiger partial charge >= 0.3 is 6.18 Å². The van der Waals surface area contributed by atoms with Gasteiger partial charge in [-0.2, -0.15) is 13.2 Å². The predicted octanol–water partition coefficient (Wildman–Crippen LogP) is 0.779. The number of carbonyl (C=O) groups is 1. The summed E-state index contributed by atoms with van der Waals surface area (Å²) < 4.78 is 42.2. The molecule has 136 valence electrons. The van der Waals surface area contributed by atoms with Crippen LogP contribution in [0.25, 0.3) is 0 Å². The molecule has 1 aromatic rings. The highest BCUT2D eigenvalue weighted by atomic mass is 19.4. The van der Waals surface area contributed by atoms with Crippen molar-refractivity contribution >= 4 is 5.91 Å². The first kappa shape index (κ1) is 18.8. The third-order valence-electron chi connectivity index (χ3n) is 3.95. The fourth-order valence-electron chi connectivity index (χ4n) is 2.57. The van der Waals surface area contributed by atoms with Crippen LogP contribution < -0.4 is 0 Å². The van der Waals surface area contributed by atoms with Crippen molar-refractivity contribution < 1.29 is 27.5 Å². The van der Waals surface area contributed by atoms with Crippen LogP contribution in [0.2, 0.25) is 0 Å². The number of aliphatic hydroxyl groups is 1. The van der Waals surface area contributed by atoms with Crippen molar-refractivity contribution in [1.82, 2.24) is 14.7 Å². The second-order valence-electron chi connectivity index (χ2n) is 5.99. The smallest absolute Gasteiger partial charge is 0.415 e. The Morgan fingerprint density at radius 3 is 2.58 bits per heavy atom. The Morgan fingerprint density at radius 2 is 2.04 bits per heavy atom. The number of nitrogens with zero attached hydrogens (tertiary/aromatic N) is 3. The predicted molar refractivity (Wildman–Crippen MR) is 80.1 cm³/mol. The van der Waals surface area contributed by atoms with E-state index in [-0.39, 0.29) is 12.5 Å². The molecule has 1 fully saturated rings. The minimum absolute atomic E-state index is 0.147. The molecule has 0 aliphatic carbocycles. The molecule has 1 N–H and O–H groups in total. The molecule has 2 heterocycles. The van der Waals surface area contributed by atoms with Crippen LogP contribution in [0.15, 0.2) is 22.8 Å².